The van der Waals surface area contributed by atoms with Crippen LogP contribution in [0.2, 0.25) is 0 Å². The summed E-state index contributed by atoms with van der Waals surface area (Å²) in [5, 5.41) is 0. The second-order valence-electron chi connectivity index (χ2n) is 5.88. The van der Waals surface area contributed by atoms with Crippen molar-refractivity contribution in [1.82, 2.24) is 14.7 Å². The Balaban J connectivity index is 1.55. The molecule has 3 aliphatic rings. The lowest BCUT2D eigenvalue weighted by Gasteiger charge is -2.49. The van der Waals surface area contributed by atoms with Crippen LogP contribution in [0.15, 0.2) is 0 Å². The van der Waals surface area contributed by atoms with Crippen LogP contribution in [-0.2, 0) is 0 Å². The van der Waals surface area contributed by atoms with Gasteiger partial charge >= 0.3 is 0 Å². The summed E-state index contributed by atoms with van der Waals surface area (Å²) in [7, 11) is 2.28. The van der Waals surface area contributed by atoms with E-state index in [1.54, 1.807) is 0 Å². The molecular weight excluding hydrogens is 186 g/mol. The second kappa shape index (κ2) is 3.44. The number of nitrogens with zero attached hydrogens (tertiary/aromatic N) is 3. The fourth-order valence-corrected chi connectivity index (χ4v) is 3.46. The molecule has 0 amide bonds. The number of rotatable bonds is 2. The predicted molar refractivity (Wildman–Crippen MR) is 62.0 cm³/mol. The quantitative estimate of drug-likeness (QED) is 0.654. The van der Waals surface area contributed by atoms with Gasteiger partial charge in [0, 0.05) is 50.3 Å². The van der Waals surface area contributed by atoms with Gasteiger partial charge in [-0.1, -0.05) is 0 Å². The Kier molecular flexibility index (Phi) is 2.31. The summed E-state index contributed by atoms with van der Waals surface area (Å²) in [6.45, 7) is 9.87. The average molecular weight is 209 g/mol. The zero-order chi connectivity index (χ0) is 10.6. The van der Waals surface area contributed by atoms with Gasteiger partial charge in [0.2, 0.25) is 0 Å². The largest absolute Gasteiger partial charge is 0.301 e. The van der Waals surface area contributed by atoms with Crippen LogP contribution in [0.4, 0.5) is 0 Å². The second-order valence-corrected chi connectivity index (χ2v) is 5.88. The van der Waals surface area contributed by atoms with Gasteiger partial charge in [-0.2, -0.15) is 0 Å². The molecule has 2 unspecified atom stereocenters. The van der Waals surface area contributed by atoms with E-state index in [0.29, 0.717) is 0 Å². The first-order valence-electron chi connectivity index (χ1n) is 6.35. The first kappa shape index (κ1) is 10.1. The van der Waals surface area contributed by atoms with E-state index >= 15 is 0 Å². The van der Waals surface area contributed by atoms with E-state index in [1.165, 1.54) is 32.6 Å². The molecule has 0 aromatic heterocycles. The predicted octanol–water partition coefficient (Wildman–Crippen LogP) is 0.467. The van der Waals surface area contributed by atoms with E-state index in [9.17, 15) is 0 Å². The van der Waals surface area contributed by atoms with E-state index < -0.39 is 0 Å². The van der Waals surface area contributed by atoms with Crippen molar-refractivity contribution in [1.29, 1.82) is 0 Å². The number of fused-ring (bicyclic) bond motifs is 2. The molecule has 3 nitrogen and oxygen atoms in total. The van der Waals surface area contributed by atoms with Gasteiger partial charge in [-0.15, -0.1) is 0 Å². The molecule has 3 rings (SSSR count). The summed E-state index contributed by atoms with van der Waals surface area (Å²) < 4.78 is 0. The summed E-state index contributed by atoms with van der Waals surface area (Å²) in [5.74, 6) is 0. The van der Waals surface area contributed by atoms with Gasteiger partial charge in [-0.05, 0) is 27.3 Å². The molecule has 2 bridgehead atoms. The zero-order valence-corrected chi connectivity index (χ0v) is 10.2. The van der Waals surface area contributed by atoms with Crippen LogP contribution < -0.4 is 0 Å². The summed E-state index contributed by atoms with van der Waals surface area (Å²) >= 11 is 0. The molecule has 0 saturated carbocycles. The molecule has 3 heteroatoms. The topological polar surface area (TPSA) is 9.72 Å². The Labute approximate surface area is 93.0 Å². The van der Waals surface area contributed by atoms with Crippen LogP contribution in [0.1, 0.15) is 20.3 Å². The van der Waals surface area contributed by atoms with E-state index in [0.717, 1.165) is 24.2 Å². The minimum Gasteiger partial charge on any atom is -0.301 e. The maximum absolute atomic E-state index is 2.78. The van der Waals surface area contributed by atoms with Crippen LogP contribution in [0.3, 0.4) is 0 Å². The van der Waals surface area contributed by atoms with Gasteiger partial charge in [0.1, 0.15) is 0 Å². The Hall–Kier alpha value is -0.120. The normalized spacial score (nSPS) is 39.2. The number of likely N-dealkylation sites (N-methyl/N-ethyl adjacent to an activating group) is 1. The molecule has 3 saturated heterocycles. The maximum atomic E-state index is 2.78. The van der Waals surface area contributed by atoms with E-state index in [1.807, 2.05) is 0 Å². The Morgan fingerprint density at radius 3 is 2.13 bits per heavy atom. The van der Waals surface area contributed by atoms with Gasteiger partial charge in [0.05, 0.1) is 0 Å². The van der Waals surface area contributed by atoms with E-state index in [2.05, 4.69) is 35.6 Å². The third-order valence-electron chi connectivity index (χ3n) is 4.65. The number of likely N-dealkylation sites (tertiary alicyclic amines) is 3. The fraction of sp³-hybridized carbons (Fsp3) is 1.00. The lowest BCUT2D eigenvalue weighted by molar-refractivity contribution is -0.00989. The molecule has 2 atom stereocenters. The first-order chi connectivity index (χ1) is 7.15. The Bertz CT molecular complexity index is 245. The molecule has 0 aromatic carbocycles. The van der Waals surface area contributed by atoms with Gasteiger partial charge in [0.15, 0.2) is 0 Å². The maximum Gasteiger partial charge on any atom is 0.0354 e. The summed E-state index contributed by atoms with van der Waals surface area (Å²) in [6, 6.07) is 3.35. The third-order valence-corrected chi connectivity index (χ3v) is 4.65. The zero-order valence-electron chi connectivity index (χ0n) is 10.2. The summed E-state index contributed by atoms with van der Waals surface area (Å²) in [5.41, 5.74) is 0. The molecule has 3 heterocycles. The lowest BCUT2D eigenvalue weighted by Crippen LogP contribution is -2.64. The Morgan fingerprint density at radius 2 is 1.67 bits per heavy atom. The number of piperazine rings is 1. The van der Waals surface area contributed by atoms with Crippen molar-refractivity contribution in [2.24, 2.45) is 0 Å². The SMILES string of the molecule is CC(C)N1CC(N2CC3CC2CN3C)C1. The highest BCUT2D eigenvalue weighted by Gasteiger charge is 2.46. The summed E-state index contributed by atoms with van der Waals surface area (Å²) in [6.07, 6.45) is 1.43. The molecule has 0 aliphatic carbocycles. The van der Waals surface area contributed by atoms with Crippen molar-refractivity contribution in [2.75, 3.05) is 33.2 Å². The molecule has 3 fully saturated rings. The Morgan fingerprint density at radius 1 is 0.933 bits per heavy atom. The van der Waals surface area contributed by atoms with Crippen molar-refractivity contribution < 1.29 is 0 Å². The minimum absolute atomic E-state index is 0.740. The van der Waals surface area contributed by atoms with Gasteiger partial charge < -0.3 is 4.90 Å². The lowest BCUT2D eigenvalue weighted by atomic mass is 10.0. The summed E-state index contributed by atoms with van der Waals surface area (Å²) in [4.78, 5) is 7.91. The van der Waals surface area contributed by atoms with Crippen LogP contribution in [0.25, 0.3) is 0 Å². The van der Waals surface area contributed by atoms with Crippen LogP contribution in [0.5, 0.6) is 0 Å². The highest BCUT2D eigenvalue weighted by Crippen LogP contribution is 2.33. The molecule has 15 heavy (non-hydrogen) atoms. The molecule has 0 aromatic rings. The van der Waals surface area contributed by atoms with Gasteiger partial charge in [0.25, 0.3) is 0 Å². The van der Waals surface area contributed by atoms with Crippen LogP contribution in [0, 0.1) is 0 Å². The minimum atomic E-state index is 0.740. The van der Waals surface area contributed by atoms with Crippen molar-refractivity contribution >= 4 is 0 Å². The van der Waals surface area contributed by atoms with Crippen molar-refractivity contribution in [3.05, 3.63) is 0 Å². The molecule has 3 aliphatic heterocycles. The highest BCUT2D eigenvalue weighted by molar-refractivity contribution is 5.04. The monoisotopic (exact) mass is 209 g/mol. The molecular formula is C12H23N3. The number of hydrogen-bond donors (Lipinski definition) is 0. The molecule has 86 valence electrons. The van der Waals surface area contributed by atoms with Crippen LogP contribution >= 0.6 is 0 Å². The van der Waals surface area contributed by atoms with Gasteiger partial charge in [-0.25, -0.2) is 0 Å². The van der Waals surface area contributed by atoms with Crippen LogP contribution in [-0.4, -0.2) is 72.1 Å². The van der Waals surface area contributed by atoms with Crippen molar-refractivity contribution in [2.45, 2.75) is 44.4 Å². The smallest absolute Gasteiger partial charge is 0.0354 e. The fourth-order valence-electron chi connectivity index (χ4n) is 3.46. The van der Waals surface area contributed by atoms with Crippen molar-refractivity contribution in [3.8, 4) is 0 Å². The first-order valence-corrected chi connectivity index (χ1v) is 6.35. The van der Waals surface area contributed by atoms with Gasteiger partial charge in [-0.3, -0.25) is 9.80 Å². The third kappa shape index (κ3) is 1.52. The molecule has 0 N–H and O–H groups in total. The number of hydrogen-bond acceptors (Lipinski definition) is 3. The molecule has 0 radical (unpaired) electrons. The van der Waals surface area contributed by atoms with E-state index in [4.69, 9.17) is 0 Å². The standard InChI is InChI=1S/C12H23N3/c1-9(2)14-6-12(7-14)15-8-10-4-11(15)5-13(10)3/h9-12H,4-8H2,1-3H3. The van der Waals surface area contributed by atoms with E-state index in [-0.39, 0.29) is 0 Å². The average Bonchev–Trinajstić information content (AvgIpc) is 2.59. The van der Waals surface area contributed by atoms with Crippen molar-refractivity contribution in [3.63, 3.8) is 0 Å². The highest BCUT2D eigenvalue weighted by atomic mass is 15.4. The molecule has 0 spiro atoms.